The molecule has 1 atom stereocenters. The summed E-state index contributed by atoms with van der Waals surface area (Å²) in [6, 6.07) is 8.95. The van der Waals surface area contributed by atoms with E-state index in [2.05, 4.69) is 11.9 Å². The molecule has 9 heteroatoms. The van der Waals surface area contributed by atoms with Crippen molar-refractivity contribution in [1.82, 2.24) is 5.32 Å². The number of carbonyl (C=O) groups is 1. The molecule has 170 valence electrons. The average Bonchev–Trinajstić information content (AvgIpc) is 3.08. The third-order valence-corrected chi connectivity index (χ3v) is 15.4. The van der Waals surface area contributed by atoms with Gasteiger partial charge in [0.15, 0.2) is 0 Å². The van der Waals surface area contributed by atoms with Crippen LogP contribution in [0.5, 0.6) is 5.75 Å². The molecule has 0 radical (unpaired) electrons. The number of rotatable bonds is 8. The molecule has 0 fully saturated rings. The van der Waals surface area contributed by atoms with Crippen molar-refractivity contribution in [3.63, 3.8) is 0 Å². The van der Waals surface area contributed by atoms with Crippen LogP contribution in [-0.2, 0) is 8.10 Å². The first-order valence-electron chi connectivity index (χ1n) is 9.90. The Hall–Kier alpha value is -2.57. The summed E-state index contributed by atoms with van der Waals surface area (Å²) in [7, 11) is -1.85. The Balaban J connectivity index is 2.37. The zero-order valence-corrected chi connectivity index (χ0v) is 21.0. The van der Waals surface area contributed by atoms with Gasteiger partial charge >= 0.3 is 191 Å². The second kappa shape index (κ2) is 9.51. The molecule has 1 heterocycles. The number of hydrogen-bond donors (Lipinski definition) is 1. The molecule has 3 aromatic rings. The van der Waals surface area contributed by atoms with Crippen molar-refractivity contribution in [3.05, 3.63) is 60.4 Å². The van der Waals surface area contributed by atoms with E-state index >= 15 is 0 Å². The standard InChI is InChI=1S/C23H25AsFNO5S/c1-6-11-24(32(5,28)29)18-13-19-17(12-20(18)30-14(2)3)21(23(27)26-4)22(31-19)15-7-9-16(25)10-8-15/h6-10,12-14H,1,11H2,2-5H3,(H,26,27). The topological polar surface area (TPSA) is 85.6 Å². The summed E-state index contributed by atoms with van der Waals surface area (Å²) in [6.45, 7) is 7.41. The van der Waals surface area contributed by atoms with Gasteiger partial charge in [-0.15, -0.1) is 0 Å². The van der Waals surface area contributed by atoms with Crippen molar-refractivity contribution in [3.8, 4) is 17.1 Å². The number of halogens is 1. The molecule has 0 aliphatic carbocycles. The maximum atomic E-state index is 13.4. The van der Waals surface area contributed by atoms with Crippen LogP contribution >= 0.6 is 0 Å². The summed E-state index contributed by atoms with van der Waals surface area (Å²) in [5.41, 5.74) is 1.16. The number of carbonyl (C=O) groups excluding carboxylic acids is 1. The van der Waals surface area contributed by atoms with Crippen LogP contribution in [0.4, 0.5) is 4.39 Å². The SMILES string of the molecule is C=CC[As](c1cc2oc(-c3ccc(F)cc3)c(C(=O)NC)c2cc1OC(C)C)S(C)(=O)=O. The molecule has 0 saturated carbocycles. The van der Waals surface area contributed by atoms with Crippen LogP contribution in [0.25, 0.3) is 22.3 Å². The van der Waals surface area contributed by atoms with Gasteiger partial charge in [0, 0.05) is 0 Å². The predicted octanol–water partition coefficient (Wildman–Crippen LogP) is 3.81. The average molecular weight is 521 g/mol. The van der Waals surface area contributed by atoms with Gasteiger partial charge in [-0.1, -0.05) is 0 Å². The minimum absolute atomic E-state index is 0.211. The van der Waals surface area contributed by atoms with Crippen LogP contribution in [0, 0.1) is 5.82 Å². The molecule has 0 saturated heterocycles. The summed E-state index contributed by atoms with van der Waals surface area (Å²) in [4.78, 5) is 12.8. The summed E-state index contributed by atoms with van der Waals surface area (Å²) >= 11 is -2.67. The molecule has 0 bridgehead atoms. The van der Waals surface area contributed by atoms with Gasteiger partial charge in [-0.25, -0.2) is 0 Å². The quantitative estimate of drug-likeness (QED) is 0.360. The molecule has 0 aliphatic heterocycles. The first-order valence-corrected chi connectivity index (χ1v) is 16.3. The number of benzene rings is 2. The number of hydrogen-bond acceptors (Lipinski definition) is 5. The van der Waals surface area contributed by atoms with Gasteiger partial charge in [-0.05, 0) is 0 Å². The molecule has 0 aliphatic rings. The van der Waals surface area contributed by atoms with Crippen molar-refractivity contribution in [2.75, 3.05) is 13.3 Å². The molecule has 1 aromatic heterocycles. The number of amides is 1. The fourth-order valence-electron chi connectivity index (χ4n) is 3.34. The monoisotopic (exact) mass is 521 g/mol. The number of furan rings is 1. The van der Waals surface area contributed by atoms with Crippen molar-refractivity contribution in [1.29, 1.82) is 0 Å². The van der Waals surface area contributed by atoms with E-state index in [4.69, 9.17) is 9.15 Å². The van der Waals surface area contributed by atoms with Gasteiger partial charge in [0.25, 0.3) is 0 Å². The van der Waals surface area contributed by atoms with Crippen LogP contribution in [0.1, 0.15) is 24.2 Å². The zero-order chi connectivity index (χ0) is 23.6. The fourth-order valence-corrected chi connectivity index (χ4v) is 11.4. The molecular formula is C23H25AsFNO5S. The van der Waals surface area contributed by atoms with Crippen LogP contribution in [0.3, 0.4) is 0 Å². The molecule has 6 nitrogen and oxygen atoms in total. The Kier molecular flexibility index (Phi) is 7.15. The maximum absolute atomic E-state index is 13.4. The first kappa shape index (κ1) is 24.1. The number of fused-ring (bicyclic) bond motifs is 1. The van der Waals surface area contributed by atoms with Crippen molar-refractivity contribution in [2.45, 2.75) is 25.2 Å². The summed E-state index contributed by atoms with van der Waals surface area (Å²) in [6.07, 6.45) is 2.62. The van der Waals surface area contributed by atoms with Crippen LogP contribution in [-0.4, -0.2) is 47.2 Å². The molecule has 2 aromatic carbocycles. The third kappa shape index (κ3) is 4.92. The molecule has 1 amide bonds. The first-order chi connectivity index (χ1) is 15.1. The number of allylic oxidation sites excluding steroid dienone is 1. The van der Waals surface area contributed by atoms with E-state index in [1.54, 1.807) is 18.2 Å². The molecule has 3 rings (SSSR count). The van der Waals surface area contributed by atoms with Gasteiger partial charge in [0.1, 0.15) is 0 Å². The van der Waals surface area contributed by atoms with Gasteiger partial charge in [-0.3, -0.25) is 0 Å². The Morgan fingerprint density at radius 1 is 1.28 bits per heavy atom. The van der Waals surface area contributed by atoms with E-state index in [-0.39, 0.29) is 23.3 Å². The van der Waals surface area contributed by atoms with Gasteiger partial charge in [0.2, 0.25) is 0 Å². The minimum atomic E-state index is -3.36. The Bertz CT molecular complexity index is 1270. The molecule has 32 heavy (non-hydrogen) atoms. The fraction of sp³-hybridized carbons (Fsp3) is 0.261. The van der Waals surface area contributed by atoms with E-state index in [0.29, 0.717) is 31.8 Å². The van der Waals surface area contributed by atoms with Crippen molar-refractivity contribution < 1.29 is 26.8 Å². The second-order valence-corrected chi connectivity index (χ2v) is 18.8. The van der Waals surface area contributed by atoms with Gasteiger partial charge in [-0.2, -0.15) is 0 Å². The Morgan fingerprint density at radius 2 is 1.94 bits per heavy atom. The van der Waals surface area contributed by atoms with Gasteiger partial charge in [0.05, 0.1) is 0 Å². The van der Waals surface area contributed by atoms with Crippen LogP contribution < -0.4 is 14.4 Å². The summed E-state index contributed by atoms with van der Waals surface area (Å²) < 4.78 is 51.3. The molecular weight excluding hydrogens is 496 g/mol. The normalized spacial score (nSPS) is 12.7. The van der Waals surface area contributed by atoms with Crippen molar-refractivity contribution >= 4 is 42.8 Å². The molecule has 1 unspecified atom stereocenters. The summed E-state index contributed by atoms with van der Waals surface area (Å²) in [5.74, 6) is -0.103. The van der Waals surface area contributed by atoms with Crippen molar-refractivity contribution in [2.24, 2.45) is 0 Å². The number of ether oxygens (including phenoxy) is 1. The molecule has 0 spiro atoms. The van der Waals surface area contributed by atoms with E-state index in [0.717, 1.165) is 0 Å². The van der Waals surface area contributed by atoms with E-state index in [1.807, 2.05) is 13.8 Å². The van der Waals surface area contributed by atoms with Crippen LogP contribution in [0.2, 0.25) is 5.21 Å². The number of nitrogens with one attached hydrogen (secondary N) is 1. The van der Waals surface area contributed by atoms with E-state index in [9.17, 15) is 17.6 Å². The van der Waals surface area contributed by atoms with E-state index in [1.165, 1.54) is 37.6 Å². The Labute approximate surface area is 190 Å². The zero-order valence-electron chi connectivity index (χ0n) is 18.3. The van der Waals surface area contributed by atoms with Crippen LogP contribution in [0.15, 0.2) is 53.5 Å². The third-order valence-electron chi connectivity index (χ3n) is 4.66. The second-order valence-electron chi connectivity index (χ2n) is 7.46. The van der Waals surface area contributed by atoms with Gasteiger partial charge < -0.3 is 0 Å². The Morgan fingerprint density at radius 3 is 2.47 bits per heavy atom. The molecule has 1 N–H and O–H groups in total. The predicted molar refractivity (Wildman–Crippen MR) is 126 cm³/mol. The van der Waals surface area contributed by atoms with E-state index < -0.39 is 27.4 Å². The summed E-state index contributed by atoms with van der Waals surface area (Å²) in [5, 5.41) is 3.43.